The van der Waals surface area contributed by atoms with Gasteiger partial charge in [0.15, 0.2) is 0 Å². The first kappa shape index (κ1) is 11.4. The van der Waals surface area contributed by atoms with Gasteiger partial charge in [-0.25, -0.2) is 9.18 Å². The zero-order valence-corrected chi connectivity index (χ0v) is 8.02. The summed E-state index contributed by atoms with van der Waals surface area (Å²) in [5.41, 5.74) is -1.80. The Morgan fingerprint density at radius 2 is 2.08 bits per heavy atom. The van der Waals surface area contributed by atoms with Crippen molar-refractivity contribution in [1.29, 1.82) is 0 Å². The van der Waals surface area contributed by atoms with E-state index in [0.717, 1.165) is 6.42 Å². The molecule has 3 heteroatoms. The van der Waals surface area contributed by atoms with Crippen LogP contribution in [0.2, 0.25) is 0 Å². The molecule has 0 saturated heterocycles. The molecule has 1 unspecified atom stereocenters. The lowest BCUT2D eigenvalue weighted by molar-refractivity contribution is -0.156. The monoisotopic (exact) mass is 176 g/mol. The van der Waals surface area contributed by atoms with Gasteiger partial charge in [-0.1, -0.05) is 13.3 Å². The average Bonchev–Trinajstić information content (AvgIpc) is 2.01. The van der Waals surface area contributed by atoms with E-state index in [4.69, 9.17) is 0 Å². The van der Waals surface area contributed by atoms with Crippen molar-refractivity contribution in [2.45, 2.75) is 45.7 Å². The van der Waals surface area contributed by atoms with Crippen LogP contribution in [0.15, 0.2) is 0 Å². The number of hydrogen-bond acceptors (Lipinski definition) is 2. The topological polar surface area (TPSA) is 26.3 Å². The predicted molar refractivity (Wildman–Crippen MR) is 45.7 cm³/mol. The fourth-order valence-electron chi connectivity index (χ4n) is 0.892. The van der Waals surface area contributed by atoms with Crippen LogP contribution >= 0.6 is 0 Å². The molecule has 0 aliphatic heterocycles. The molecule has 1 atom stereocenters. The normalized spacial score (nSPS) is 15.3. The third kappa shape index (κ3) is 3.69. The molecule has 0 aromatic heterocycles. The second kappa shape index (κ2) is 5.12. The van der Waals surface area contributed by atoms with Gasteiger partial charge in [0, 0.05) is 0 Å². The zero-order valence-electron chi connectivity index (χ0n) is 8.02. The molecule has 0 amide bonds. The lowest BCUT2D eigenvalue weighted by atomic mass is 10.0. The number of unbranched alkanes of at least 4 members (excludes halogenated alkanes) is 1. The molecular weight excluding hydrogens is 159 g/mol. The van der Waals surface area contributed by atoms with Crippen LogP contribution in [-0.2, 0) is 9.53 Å². The molecule has 0 N–H and O–H groups in total. The molecule has 0 spiro atoms. The number of ether oxygens (including phenoxy) is 1. The van der Waals surface area contributed by atoms with Crippen LogP contribution in [0.25, 0.3) is 0 Å². The highest BCUT2D eigenvalue weighted by atomic mass is 19.1. The van der Waals surface area contributed by atoms with Gasteiger partial charge in [0.1, 0.15) is 0 Å². The second-order valence-electron chi connectivity index (χ2n) is 3.02. The first-order valence-corrected chi connectivity index (χ1v) is 4.40. The van der Waals surface area contributed by atoms with E-state index in [1.807, 2.05) is 6.92 Å². The summed E-state index contributed by atoms with van der Waals surface area (Å²) in [6.45, 7) is 5.15. The summed E-state index contributed by atoms with van der Waals surface area (Å²) in [6, 6.07) is 0. The summed E-state index contributed by atoms with van der Waals surface area (Å²) in [5.74, 6) is -0.738. The van der Waals surface area contributed by atoms with Crippen LogP contribution in [0.1, 0.15) is 40.0 Å². The maximum absolute atomic E-state index is 13.4. The summed E-state index contributed by atoms with van der Waals surface area (Å²) in [5, 5.41) is 0. The van der Waals surface area contributed by atoms with E-state index in [9.17, 15) is 9.18 Å². The molecule has 0 bridgehead atoms. The lowest BCUT2D eigenvalue weighted by Gasteiger charge is -2.17. The van der Waals surface area contributed by atoms with Gasteiger partial charge in [0.2, 0.25) is 5.67 Å². The van der Waals surface area contributed by atoms with E-state index >= 15 is 0 Å². The molecule has 72 valence electrons. The molecule has 0 aromatic rings. The number of esters is 1. The Kier molecular flexibility index (Phi) is 4.86. The molecule has 0 heterocycles. The van der Waals surface area contributed by atoms with E-state index in [-0.39, 0.29) is 13.0 Å². The van der Waals surface area contributed by atoms with Gasteiger partial charge in [0.05, 0.1) is 6.61 Å². The number of hydrogen-bond donors (Lipinski definition) is 0. The highest BCUT2D eigenvalue weighted by molar-refractivity contribution is 5.78. The maximum Gasteiger partial charge on any atom is 0.343 e. The number of carbonyl (C=O) groups excluding carboxylic acids is 1. The zero-order chi connectivity index (χ0) is 9.61. The van der Waals surface area contributed by atoms with Crippen molar-refractivity contribution >= 4 is 5.97 Å². The minimum Gasteiger partial charge on any atom is -0.464 e. The SMILES string of the molecule is CCCCC(C)(F)C(=O)OCC. The van der Waals surface area contributed by atoms with Gasteiger partial charge < -0.3 is 4.74 Å². The standard InChI is InChI=1S/C9H17FO2/c1-4-6-7-9(3,10)8(11)12-5-2/h4-7H2,1-3H3. The van der Waals surface area contributed by atoms with Gasteiger partial charge in [-0.3, -0.25) is 0 Å². The second-order valence-corrected chi connectivity index (χ2v) is 3.02. The Hall–Kier alpha value is -0.600. The van der Waals surface area contributed by atoms with Crippen molar-refractivity contribution in [3.63, 3.8) is 0 Å². The van der Waals surface area contributed by atoms with Gasteiger partial charge in [-0.15, -0.1) is 0 Å². The first-order valence-electron chi connectivity index (χ1n) is 4.40. The molecule has 2 nitrogen and oxygen atoms in total. The van der Waals surface area contributed by atoms with Crippen LogP contribution < -0.4 is 0 Å². The van der Waals surface area contributed by atoms with Gasteiger partial charge in [-0.05, 0) is 26.7 Å². The Balaban J connectivity index is 3.90. The van der Waals surface area contributed by atoms with Crippen molar-refractivity contribution < 1.29 is 13.9 Å². The van der Waals surface area contributed by atoms with E-state index in [2.05, 4.69) is 4.74 Å². The van der Waals surface area contributed by atoms with Crippen LogP contribution in [0, 0.1) is 0 Å². The highest BCUT2D eigenvalue weighted by Crippen LogP contribution is 2.20. The van der Waals surface area contributed by atoms with Gasteiger partial charge >= 0.3 is 5.97 Å². The smallest absolute Gasteiger partial charge is 0.343 e. The largest absolute Gasteiger partial charge is 0.464 e. The van der Waals surface area contributed by atoms with Crippen LogP contribution in [-0.4, -0.2) is 18.2 Å². The lowest BCUT2D eigenvalue weighted by Crippen LogP contribution is -2.32. The van der Waals surface area contributed by atoms with Crippen molar-refractivity contribution in [2.24, 2.45) is 0 Å². The molecule has 0 radical (unpaired) electrons. The maximum atomic E-state index is 13.4. The van der Waals surface area contributed by atoms with Crippen molar-refractivity contribution in [3.8, 4) is 0 Å². The van der Waals surface area contributed by atoms with Crippen molar-refractivity contribution in [1.82, 2.24) is 0 Å². The molecule has 0 aliphatic carbocycles. The van der Waals surface area contributed by atoms with Crippen molar-refractivity contribution in [2.75, 3.05) is 6.61 Å². The van der Waals surface area contributed by atoms with E-state index in [0.29, 0.717) is 6.42 Å². The summed E-state index contributed by atoms with van der Waals surface area (Å²) in [7, 11) is 0. The number of alkyl halides is 1. The summed E-state index contributed by atoms with van der Waals surface area (Å²) < 4.78 is 18.0. The summed E-state index contributed by atoms with van der Waals surface area (Å²) in [4.78, 5) is 11.0. The Morgan fingerprint density at radius 3 is 2.50 bits per heavy atom. The van der Waals surface area contributed by atoms with Crippen LogP contribution in [0.4, 0.5) is 4.39 Å². The molecule has 0 fully saturated rings. The third-order valence-corrected chi connectivity index (χ3v) is 1.70. The Labute approximate surface area is 73.1 Å². The minimum atomic E-state index is -1.80. The summed E-state index contributed by atoms with van der Waals surface area (Å²) in [6.07, 6.45) is 1.85. The predicted octanol–water partition coefficient (Wildman–Crippen LogP) is 2.47. The molecule has 0 aliphatic rings. The molecule has 0 aromatic carbocycles. The number of carbonyl (C=O) groups is 1. The number of halogens is 1. The van der Waals surface area contributed by atoms with Crippen LogP contribution in [0.3, 0.4) is 0 Å². The fourth-order valence-corrected chi connectivity index (χ4v) is 0.892. The quantitative estimate of drug-likeness (QED) is 0.601. The van der Waals surface area contributed by atoms with E-state index < -0.39 is 11.6 Å². The molecule has 0 rings (SSSR count). The highest BCUT2D eigenvalue weighted by Gasteiger charge is 2.33. The summed E-state index contributed by atoms with van der Waals surface area (Å²) >= 11 is 0. The van der Waals surface area contributed by atoms with Gasteiger partial charge in [-0.2, -0.15) is 0 Å². The van der Waals surface area contributed by atoms with Crippen molar-refractivity contribution in [3.05, 3.63) is 0 Å². The van der Waals surface area contributed by atoms with Gasteiger partial charge in [0.25, 0.3) is 0 Å². The van der Waals surface area contributed by atoms with E-state index in [1.165, 1.54) is 6.92 Å². The molecule has 0 saturated carbocycles. The molecular formula is C9H17FO2. The Bertz CT molecular complexity index is 143. The average molecular weight is 176 g/mol. The first-order chi connectivity index (χ1) is 5.54. The third-order valence-electron chi connectivity index (χ3n) is 1.70. The Morgan fingerprint density at radius 1 is 1.50 bits per heavy atom. The fraction of sp³-hybridized carbons (Fsp3) is 0.889. The molecule has 12 heavy (non-hydrogen) atoms. The van der Waals surface area contributed by atoms with Crippen LogP contribution in [0.5, 0.6) is 0 Å². The number of rotatable bonds is 5. The minimum absolute atomic E-state index is 0.241. The van der Waals surface area contributed by atoms with E-state index in [1.54, 1.807) is 6.92 Å².